The van der Waals surface area contributed by atoms with E-state index in [0.29, 0.717) is 24.2 Å². The normalized spacial score (nSPS) is 20.1. The van der Waals surface area contributed by atoms with Gasteiger partial charge in [0.2, 0.25) is 0 Å². The molecule has 0 radical (unpaired) electrons. The lowest BCUT2D eigenvalue weighted by molar-refractivity contribution is -0.870. The number of nitrogens with zero attached hydrogens (tertiary/aromatic N) is 1. The summed E-state index contributed by atoms with van der Waals surface area (Å²) < 4.78 is 34.4. The Morgan fingerprint density at radius 1 is 0.750 bits per heavy atom. The molecular formula is C27H58NO7P. The third kappa shape index (κ3) is 22.0. The lowest BCUT2D eigenvalue weighted by atomic mass is 10.0. The van der Waals surface area contributed by atoms with Crippen LogP contribution >= 0.6 is 7.82 Å². The van der Waals surface area contributed by atoms with Gasteiger partial charge in [-0.15, -0.1) is 0 Å². The summed E-state index contributed by atoms with van der Waals surface area (Å²) in [7, 11) is 1.93. The van der Waals surface area contributed by atoms with E-state index in [9.17, 15) is 9.46 Å². The van der Waals surface area contributed by atoms with Crippen LogP contribution < -0.4 is 0 Å². The highest BCUT2D eigenvalue weighted by Gasteiger charge is 2.28. The summed E-state index contributed by atoms with van der Waals surface area (Å²) in [5.41, 5.74) is 0. The average molecular weight is 540 g/mol. The molecule has 0 aromatic heterocycles. The van der Waals surface area contributed by atoms with Crippen LogP contribution in [0.5, 0.6) is 0 Å². The quantitative estimate of drug-likeness (QED) is 0.0875. The number of unbranched alkanes of at least 4 members (excludes halogenated alkanes) is 14. The Kier molecular flexibility index (Phi) is 21.8. The van der Waals surface area contributed by atoms with Crippen LogP contribution in [-0.4, -0.2) is 81.2 Å². The number of rotatable bonds is 23. The van der Waals surface area contributed by atoms with Crippen molar-refractivity contribution in [1.29, 1.82) is 0 Å². The van der Waals surface area contributed by atoms with Crippen molar-refractivity contribution in [1.82, 2.24) is 0 Å². The van der Waals surface area contributed by atoms with Crippen molar-refractivity contribution in [3.8, 4) is 0 Å². The lowest BCUT2D eigenvalue weighted by Crippen LogP contribution is -2.38. The molecule has 218 valence electrons. The van der Waals surface area contributed by atoms with Crippen molar-refractivity contribution in [3.63, 3.8) is 0 Å². The molecule has 1 unspecified atom stereocenters. The summed E-state index contributed by atoms with van der Waals surface area (Å²) >= 11 is 0. The molecule has 0 aromatic rings. The van der Waals surface area contributed by atoms with Crippen molar-refractivity contribution in [2.75, 3.05) is 54.1 Å². The second kappa shape index (κ2) is 21.8. The fourth-order valence-corrected chi connectivity index (χ4v) is 4.98. The zero-order valence-corrected chi connectivity index (χ0v) is 24.7. The van der Waals surface area contributed by atoms with Gasteiger partial charge in [0.15, 0.2) is 0 Å². The number of phosphoric ester groups is 1. The van der Waals surface area contributed by atoms with Gasteiger partial charge in [-0.25, -0.2) is 4.57 Å². The molecule has 1 heterocycles. The van der Waals surface area contributed by atoms with Crippen molar-refractivity contribution < 1.29 is 37.9 Å². The van der Waals surface area contributed by atoms with Gasteiger partial charge in [-0.3, -0.25) is 9.05 Å². The van der Waals surface area contributed by atoms with E-state index in [0.717, 1.165) is 6.42 Å². The summed E-state index contributed by atoms with van der Waals surface area (Å²) in [5.74, 6) is 0. The van der Waals surface area contributed by atoms with Crippen molar-refractivity contribution >= 4 is 7.82 Å². The van der Waals surface area contributed by atoms with E-state index in [-0.39, 0.29) is 30.9 Å². The number of quaternary nitrogens is 1. The van der Waals surface area contributed by atoms with Gasteiger partial charge in [-0.2, -0.15) is 0 Å². The molecular weight excluding hydrogens is 481 g/mol. The molecule has 2 N–H and O–H groups in total. The number of hydrogen-bond acceptors (Lipinski definition) is 6. The van der Waals surface area contributed by atoms with E-state index < -0.39 is 7.82 Å². The summed E-state index contributed by atoms with van der Waals surface area (Å²) in [6.45, 7) is 3.98. The maximum atomic E-state index is 12.0. The van der Waals surface area contributed by atoms with Crippen LogP contribution in [-0.2, 0) is 23.1 Å². The van der Waals surface area contributed by atoms with E-state index in [4.69, 9.17) is 18.5 Å². The minimum Gasteiger partial charge on any atom is -0.870 e. The van der Waals surface area contributed by atoms with E-state index in [1.807, 2.05) is 21.1 Å². The average Bonchev–Trinajstić information content (AvgIpc) is 2.80. The first-order chi connectivity index (χ1) is 16.7. The lowest BCUT2D eigenvalue weighted by Gasteiger charge is -2.30. The van der Waals surface area contributed by atoms with E-state index >= 15 is 0 Å². The van der Waals surface area contributed by atoms with E-state index in [1.54, 1.807) is 0 Å². The van der Waals surface area contributed by atoms with Crippen molar-refractivity contribution in [3.05, 3.63) is 0 Å². The highest BCUT2D eigenvalue weighted by Crippen LogP contribution is 2.43. The molecule has 0 saturated carbocycles. The van der Waals surface area contributed by atoms with Gasteiger partial charge in [0.05, 0.1) is 47.1 Å². The van der Waals surface area contributed by atoms with Crippen LogP contribution in [0.1, 0.15) is 110 Å². The largest absolute Gasteiger partial charge is 0.870 e. The van der Waals surface area contributed by atoms with Gasteiger partial charge in [0.25, 0.3) is 0 Å². The first-order valence-electron chi connectivity index (χ1n) is 14.4. The van der Waals surface area contributed by atoms with Gasteiger partial charge >= 0.3 is 7.82 Å². The van der Waals surface area contributed by atoms with Crippen molar-refractivity contribution in [2.24, 2.45) is 0 Å². The summed E-state index contributed by atoms with van der Waals surface area (Å²) in [4.78, 5) is 9.80. The third-order valence-corrected chi connectivity index (χ3v) is 7.59. The first kappa shape index (κ1) is 35.9. The molecule has 0 bridgehead atoms. The Balaban J connectivity index is 0.0000122. The van der Waals surface area contributed by atoms with Crippen LogP contribution in [0.3, 0.4) is 0 Å². The maximum Gasteiger partial charge on any atom is 0.472 e. The topological polar surface area (TPSA) is 104 Å². The number of likely N-dealkylation sites (N-methyl/N-ethyl adjacent to an activating group) is 1. The fourth-order valence-electron chi connectivity index (χ4n) is 4.23. The highest BCUT2D eigenvalue weighted by atomic mass is 31.2. The van der Waals surface area contributed by atoms with Gasteiger partial charge in [-0.1, -0.05) is 103 Å². The summed E-state index contributed by atoms with van der Waals surface area (Å²) in [6, 6.07) is 0. The van der Waals surface area contributed by atoms with Crippen molar-refractivity contribution in [2.45, 2.75) is 122 Å². The monoisotopic (exact) mass is 539 g/mol. The Labute approximate surface area is 221 Å². The molecule has 1 fully saturated rings. The van der Waals surface area contributed by atoms with Crippen LogP contribution in [0.25, 0.3) is 0 Å². The van der Waals surface area contributed by atoms with Crippen LogP contribution in [0.4, 0.5) is 0 Å². The van der Waals surface area contributed by atoms with Crippen LogP contribution in [0, 0.1) is 0 Å². The molecule has 8 nitrogen and oxygen atoms in total. The first-order valence-corrected chi connectivity index (χ1v) is 15.9. The van der Waals surface area contributed by atoms with Gasteiger partial charge < -0.3 is 24.3 Å². The Morgan fingerprint density at radius 2 is 1.19 bits per heavy atom. The minimum absolute atomic E-state index is 0. The SMILES string of the molecule is CCCCCCCCCCCCCCCCC[C@@H]1CO[C@@H](COP(=O)(O)OCC[N+](C)(C)C)CO1.[OH-]. The third-order valence-electron chi connectivity index (χ3n) is 6.61. The van der Waals surface area contributed by atoms with Crippen LogP contribution in [0.15, 0.2) is 0 Å². The van der Waals surface area contributed by atoms with Crippen LogP contribution in [0.2, 0.25) is 0 Å². The fraction of sp³-hybridized carbons (Fsp3) is 1.00. The molecule has 9 heteroatoms. The Bertz CT molecular complexity index is 537. The summed E-state index contributed by atoms with van der Waals surface area (Å²) in [6.07, 6.45) is 21.3. The molecule has 0 aromatic carbocycles. The number of hydrogen-bond donors (Lipinski definition) is 1. The zero-order chi connectivity index (χ0) is 25.8. The molecule has 0 aliphatic carbocycles. The molecule has 0 spiro atoms. The molecule has 1 saturated heterocycles. The Hall–Kier alpha value is -0.0500. The standard InChI is InChI=1S/C27H56NO6P.H2O/c1-5-6-7-8-9-10-11-12-13-14-15-16-17-18-19-20-26-23-32-27(24-31-26)25-34-35(29,30)33-22-21-28(2,3)4;/h26-27H,5-25H2,1-4H3;1H2/t26-,27-;/m1./s1. The number of ether oxygens (including phenoxy) is 2. The van der Waals surface area contributed by atoms with Gasteiger partial charge in [-0.05, 0) is 6.42 Å². The molecule has 3 atom stereocenters. The van der Waals surface area contributed by atoms with Gasteiger partial charge in [0, 0.05) is 0 Å². The molecule has 0 amide bonds. The molecule has 36 heavy (non-hydrogen) atoms. The predicted octanol–water partition coefficient (Wildman–Crippen LogP) is 6.69. The minimum atomic E-state index is -4.05. The molecule has 1 rings (SSSR count). The Morgan fingerprint density at radius 3 is 1.64 bits per heavy atom. The second-order valence-corrected chi connectivity index (χ2v) is 12.7. The zero-order valence-electron chi connectivity index (χ0n) is 23.8. The predicted molar refractivity (Wildman–Crippen MR) is 146 cm³/mol. The smallest absolute Gasteiger partial charge is 0.472 e. The van der Waals surface area contributed by atoms with E-state index in [1.165, 1.54) is 96.3 Å². The highest BCUT2D eigenvalue weighted by molar-refractivity contribution is 7.47. The number of phosphoric acid groups is 1. The van der Waals surface area contributed by atoms with Gasteiger partial charge in [0.1, 0.15) is 19.3 Å². The molecule has 1 aliphatic heterocycles. The maximum absolute atomic E-state index is 12.0. The molecule has 1 aliphatic rings. The van der Waals surface area contributed by atoms with E-state index in [2.05, 4.69) is 6.92 Å². The second-order valence-electron chi connectivity index (χ2n) is 11.3. The summed E-state index contributed by atoms with van der Waals surface area (Å²) in [5, 5.41) is 0.